The Bertz CT molecular complexity index is 337. The van der Waals surface area contributed by atoms with Gasteiger partial charge in [0.15, 0.2) is 5.16 Å². The normalized spacial score (nSPS) is 19.9. The number of aryl methyl sites for hydroxylation is 1. The second-order valence-electron chi connectivity index (χ2n) is 4.28. The summed E-state index contributed by atoms with van der Waals surface area (Å²) in [6, 6.07) is 0. The molecule has 1 aliphatic heterocycles. The summed E-state index contributed by atoms with van der Waals surface area (Å²) in [7, 11) is 1.97. The van der Waals surface area contributed by atoms with Crippen LogP contribution >= 0.6 is 24.4 Å². The second kappa shape index (κ2) is 5.42. The maximum Gasteiger partial charge on any atom is 0.190 e. The lowest BCUT2D eigenvalue weighted by Gasteiger charge is -2.35. The third-order valence-corrected chi connectivity index (χ3v) is 5.12. The summed E-state index contributed by atoms with van der Waals surface area (Å²) in [6.45, 7) is 1.72. The predicted octanol–water partition coefficient (Wildman–Crippen LogP) is 1.63. The van der Waals surface area contributed by atoms with Gasteiger partial charge in [0.2, 0.25) is 0 Å². The van der Waals surface area contributed by atoms with Gasteiger partial charge < -0.3 is 9.30 Å². The lowest BCUT2D eigenvalue weighted by Crippen LogP contribution is -2.33. The van der Waals surface area contributed by atoms with Crippen LogP contribution < -0.4 is 0 Å². The number of hydrogen-bond acceptors (Lipinski definition) is 5. The predicted molar refractivity (Wildman–Crippen MR) is 68.1 cm³/mol. The minimum atomic E-state index is 0.304. The van der Waals surface area contributed by atoms with E-state index in [-0.39, 0.29) is 0 Å². The molecule has 1 aromatic heterocycles. The number of aromatic nitrogens is 3. The van der Waals surface area contributed by atoms with E-state index >= 15 is 0 Å². The van der Waals surface area contributed by atoms with E-state index < -0.39 is 0 Å². The van der Waals surface area contributed by atoms with Gasteiger partial charge in [0.25, 0.3) is 0 Å². The van der Waals surface area contributed by atoms with Crippen molar-refractivity contribution in [1.29, 1.82) is 0 Å². The number of ether oxygens (including phenoxy) is 1. The van der Waals surface area contributed by atoms with Gasteiger partial charge in [0, 0.05) is 26.0 Å². The number of rotatable bonds is 4. The molecule has 0 unspecified atom stereocenters. The third-order valence-electron chi connectivity index (χ3n) is 3.07. The van der Waals surface area contributed by atoms with Crippen molar-refractivity contribution < 1.29 is 4.74 Å². The Balaban J connectivity index is 1.94. The average Bonchev–Trinajstić information content (AvgIpc) is 2.74. The second-order valence-corrected chi connectivity index (χ2v) is 5.54. The molecule has 2 rings (SSSR count). The highest BCUT2D eigenvalue weighted by Gasteiger charge is 2.31. The molecule has 1 aromatic rings. The molecule has 1 saturated heterocycles. The Labute approximate surface area is 106 Å². The molecule has 6 heteroatoms. The highest BCUT2D eigenvalue weighted by atomic mass is 32.2. The number of nitrogens with zero attached hydrogens (tertiary/aromatic N) is 3. The molecule has 0 atom stereocenters. The van der Waals surface area contributed by atoms with Crippen LogP contribution in [0.5, 0.6) is 0 Å². The van der Waals surface area contributed by atoms with Gasteiger partial charge in [-0.3, -0.25) is 0 Å². The summed E-state index contributed by atoms with van der Waals surface area (Å²) in [5.41, 5.74) is 0.304. The molecular weight excluding hydrogens is 242 g/mol. The minimum Gasteiger partial charge on any atom is -0.381 e. The number of hydrogen-bond donors (Lipinski definition) is 1. The molecule has 0 amide bonds. The fourth-order valence-corrected chi connectivity index (χ4v) is 3.53. The average molecular weight is 259 g/mol. The molecule has 16 heavy (non-hydrogen) atoms. The van der Waals surface area contributed by atoms with E-state index in [1.54, 1.807) is 18.1 Å². The summed E-state index contributed by atoms with van der Waals surface area (Å²) in [5.74, 6) is 1.97. The summed E-state index contributed by atoms with van der Waals surface area (Å²) in [6.07, 6.45) is 3.93. The van der Waals surface area contributed by atoms with E-state index in [4.69, 9.17) is 4.74 Å². The van der Waals surface area contributed by atoms with Crippen LogP contribution in [0.25, 0.3) is 0 Å². The largest absolute Gasteiger partial charge is 0.381 e. The maximum atomic E-state index is 5.41. The van der Waals surface area contributed by atoms with Gasteiger partial charge in [-0.1, -0.05) is 11.8 Å². The van der Waals surface area contributed by atoms with Crippen molar-refractivity contribution in [2.24, 2.45) is 12.5 Å². The van der Waals surface area contributed by atoms with Crippen LogP contribution in [-0.4, -0.2) is 39.5 Å². The van der Waals surface area contributed by atoms with E-state index in [0.717, 1.165) is 42.7 Å². The standard InChI is InChI=1S/C10H17N3OS2/c1-13-8-11-12-9(13)16-7-10(6-15)2-4-14-5-3-10/h8,15H,2-7H2,1H3. The van der Waals surface area contributed by atoms with E-state index in [2.05, 4.69) is 22.8 Å². The van der Waals surface area contributed by atoms with Gasteiger partial charge in [-0.05, 0) is 24.0 Å². The minimum absolute atomic E-state index is 0.304. The Morgan fingerprint density at radius 2 is 2.31 bits per heavy atom. The Morgan fingerprint density at radius 3 is 2.88 bits per heavy atom. The fourth-order valence-electron chi connectivity index (χ4n) is 1.77. The first-order chi connectivity index (χ1) is 7.76. The van der Waals surface area contributed by atoms with Crippen LogP contribution in [0, 0.1) is 5.41 Å². The monoisotopic (exact) mass is 259 g/mol. The zero-order valence-corrected chi connectivity index (χ0v) is 11.1. The molecule has 1 fully saturated rings. The summed E-state index contributed by atoms with van der Waals surface area (Å²) in [5, 5.41) is 8.95. The Hall–Kier alpha value is -0.200. The molecule has 0 bridgehead atoms. The van der Waals surface area contributed by atoms with Crippen molar-refractivity contribution in [3.05, 3.63) is 6.33 Å². The highest BCUT2D eigenvalue weighted by molar-refractivity contribution is 7.99. The van der Waals surface area contributed by atoms with Crippen molar-refractivity contribution in [2.75, 3.05) is 24.7 Å². The topological polar surface area (TPSA) is 39.9 Å². The van der Waals surface area contributed by atoms with Crippen molar-refractivity contribution in [2.45, 2.75) is 18.0 Å². The molecule has 2 heterocycles. The lowest BCUT2D eigenvalue weighted by molar-refractivity contribution is 0.0371. The maximum absolute atomic E-state index is 5.41. The summed E-state index contributed by atoms with van der Waals surface area (Å²) >= 11 is 6.26. The first kappa shape index (κ1) is 12.3. The Morgan fingerprint density at radius 1 is 1.56 bits per heavy atom. The summed E-state index contributed by atoms with van der Waals surface area (Å²) in [4.78, 5) is 0. The number of thiol groups is 1. The van der Waals surface area contributed by atoms with Crippen molar-refractivity contribution in [3.8, 4) is 0 Å². The van der Waals surface area contributed by atoms with Gasteiger partial charge in [0.05, 0.1) is 0 Å². The zero-order chi connectivity index (χ0) is 11.4. The van der Waals surface area contributed by atoms with E-state index in [9.17, 15) is 0 Å². The van der Waals surface area contributed by atoms with E-state index in [1.165, 1.54) is 0 Å². The molecule has 0 aliphatic carbocycles. The van der Waals surface area contributed by atoms with Gasteiger partial charge in [-0.2, -0.15) is 12.6 Å². The molecule has 0 aromatic carbocycles. The molecule has 1 aliphatic rings. The van der Waals surface area contributed by atoms with Crippen molar-refractivity contribution >= 4 is 24.4 Å². The molecule has 0 N–H and O–H groups in total. The van der Waals surface area contributed by atoms with Crippen LogP contribution in [0.1, 0.15) is 12.8 Å². The number of thioether (sulfide) groups is 1. The highest BCUT2D eigenvalue weighted by Crippen LogP contribution is 2.36. The SMILES string of the molecule is Cn1cnnc1SCC1(CS)CCOCC1. The Kier molecular flexibility index (Phi) is 4.16. The van der Waals surface area contributed by atoms with Crippen molar-refractivity contribution in [1.82, 2.24) is 14.8 Å². The fraction of sp³-hybridized carbons (Fsp3) is 0.800. The van der Waals surface area contributed by atoms with Crippen LogP contribution in [0.2, 0.25) is 0 Å². The molecule has 4 nitrogen and oxygen atoms in total. The third kappa shape index (κ3) is 2.73. The van der Waals surface area contributed by atoms with Crippen molar-refractivity contribution in [3.63, 3.8) is 0 Å². The summed E-state index contributed by atoms with van der Waals surface area (Å²) < 4.78 is 7.37. The first-order valence-corrected chi connectivity index (χ1v) is 7.03. The molecule has 0 radical (unpaired) electrons. The van der Waals surface area contributed by atoms with Gasteiger partial charge in [-0.25, -0.2) is 0 Å². The lowest BCUT2D eigenvalue weighted by atomic mass is 9.84. The van der Waals surface area contributed by atoms with Crippen LogP contribution in [0.3, 0.4) is 0 Å². The van der Waals surface area contributed by atoms with Gasteiger partial charge >= 0.3 is 0 Å². The van der Waals surface area contributed by atoms with E-state index in [0.29, 0.717) is 5.41 Å². The van der Waals surface area contributed by atoms with Crippen LogP contribution in [0.15, 0.2) is 11.5 Å². The molecule has 0 spiro atoms. The molecular formula is C10H17N3OS2. The van der Waals surface area contributed by atoms with Crippen LogP contribution in [0.4, 0.5) is 0 Å². The van der Waals surface area contributed by atoms with Gasteiger partial charge in [-0.15, -0.1) is 10.2 Å². The van der Waals surface area contributed by atoms with Gasteiger partial charge in [0.1, 0.15) is 6.33 Å². The molecule has 90 valence electrons. The zero-order valence-electron chi connectivity index (χ0n) is 9.43. The quantitative estimate of drug-likeness (QED) is 0.659. The van der Waals surface area contributed by atoms with Crippen LogP contribution in [-0.2, 0) is 11.8 Å². The molecule has 0 saturated carbocycles. The van der Waals surface area contributed by atoms with E-state index in [1.807, 2.05) is 11.6 Å². The smallest absolute Gasteiger partial charge is 0.190 e. The first-order valence-electron chi connectivity index (χ1n) is 5.41.